The van der Waals surface area contributed by atoms with Crippen LogP contribution in [0.1, 0.15) is 29.8 Å². The summed E-state index contributed by atoms with van der Waals surface area (Å²) >= 11 is 0. The number of hydrogen-bond acceptors (Lipinski definition) is 5. The third-order valence-electron chi connectivity index (χ3n) is 4.73. The van der Waals surface area contributed by atoms with E-state index in [1.807, 2.05) is 25.3 Å². The number of nitrogens with one attached hydrogen (secondary N) is 1. The van der Waals surface area contributed by atoms with Crippen molar-refractivity contribution in [1.82, 2.24) is 5.43 Å². The molecule has 1 amide bonds. The normalized spacial score (nSPS) is 16.6. The highest BCUT2D eigenvalue weighted by Gasteiger charge is 2.37. The predicted octanol–water partition coefficient (Wildman–Crippen LogP) is 3.62. The van der Waals surface area contributed by atoms with Crippen LogP contribution in [-0.4, -0.2) is 24.1 Å². The molecule has 1 heterocycles. The van der Waals surface area contributed by atoms with Crippen LogP contribution in [-0.2, 0) is 5.41 Å². The van der Waals surface area contributed by atoms with Crippen molar-refractivity contribution in [3.63, 3.8) is 0 Å². The van der Waals surface area contributed by atoms with Gasteiger partial charge in [-0.25, -0.2) is 5.43 Å². The maximum absolute atomic E-state index is 12.1. The van der Waals surface area contributed by atoms with Crippen LogP contribution in [0.15, 0.2) is 65.4 Å². The molecule has 138 valence electrons. The third-order valence-corrected chi connectivity index (χ3v) is 4.73. The molecule has 7 heteroatoms. The van der Waals surface area contributed by atoms with Gasteiger partial charge in [0.25, 0.3) is 11.6 Å². The van der Waals surface area contributed by atoms with Crippen LogP contribution in [0.3, 0.4) is 0 Å². The van der Waals surface area contributed by atoms with E-state index in [1.54, 1.807) is 0 Å². The summed E-state index contributed by atoms with van der Waals surface area (Å²) < 4.78 is 0. The number of para-hydroxylation sites is 1. The lowest BCUT2D eigenvalue weighted by Crippen LogP contribution is -2.23. The highest BCUT2D eigenvalue weighted by atomic mass is 16.6. The first kappa shape index (κ1) is 18.3. The number of hydrogen-bond donors (Lipinski definition) is 1. The van der Waals surface area contributed by atoms with E-state index in [9.17, 15) is 14.9 Å². The fourth-order valence-electron chi connectivity index (χ4n) is 3.33. The Kier molecular flexibility index (Phi) is 4.77. The van der Waals surface area contributed by atoms with Gasteiger partial charge < -0.3 is 4.90 Å². The average molecular weight is 364 g/mol. The maximum atomic E-state index is 12.1. The van der Waals surface area contributed by atoms with Crippen molar-refractivity contribution in [1.29, 1.82) is 0 Å². The number of fused-ring (bicyclic) bond motifs is 1. The van der Waals surface area contributed by atoms with E-state index in [1.165, 1.54) is 36.0 Å². The van der Waals surface area contributed by atoms with Gasteiger partial charge in [-0.05, 0) is 23.8 Å². The number of nitro benzene ring substituents is 1. The summed E-state index contributed by atoms with van der Waals surface area (Å²) in [7, 11) is 1.99. The molecule has 1 N–H and O–H groups in total. The summed E-state index contributed by atoms with van der Waals surface area (Å²) in [6.07, 6.45) is 3.38. The molecule has 7 nitrogen and oxygen atoms in total. The minimum atomic E-state index is -0.542. The Balaban J connectivity index is 1.73. The zero-order valence-electron chi connectivity index (χ0n) is 15.3. The first-order valence-electron chi connectivity index (χ1n) is 8.44. The minimum absolute atomic E-state index is 0.138. The molecule has 0 unspecified atom stereocenters. The van der Waals surface area contributed by atoms with Crippen molar-refractivity contribution < 1.29 is 9.72 Å². The molecule has 27 heavy (non-hydrogen) atoms. The molecule has 0 aliphatic carbocycles. The molecule has 0 aromatic heterocycles. The number of carbonyl (C=O) groups is 1. The standard InChI is InChI=1S/C20H20N4O3/c1-20(2)16-9-4-5-10-17(16)23(3)18(20)11-12-21-22-19(25)14-7-6-8-15(13-14)24(26)27/h4-13H,1-3H3,(H,22,25)/b18-11-,21-12-. The number of allylic oxidation sites excluding steroid dienone is 2. The first-order valence-corrected chi connectivity index (χ1v) is 8.44. The molecular weight excluding hydrogens is 344 g/mol. The van der Waals surface area contributed by atoms with Gasteiger partial charge in [0, 0.05) is 47.8 Å². The van der Waals surface area contributed by atoms with Crippen molar-refractivity contribution in [3.8, 4) is 0 Å². The number of anilines is 1. The van der Waals surface area contributed by atoms with Gasteiger partial charge in [-0.3, -0.25) is 14.9 Å². The quantitative estimate of drug-likeness (QED) is 0.510. The van der Waals surface area contributed by atoms with Crippen LogP contribution >= 0.6 is 0 Å². The Morgan fingerprint density at radius 2 is 1.96 bits per heavy atom. The number of nitro groups is 1. The van der Waals surface area contributed by atoms with Gasteiger partial charge in [-0.2, -0.15) is 5.10 Å². The highest BCUT2D eigenvalue weighted by molar-refractivity contribution is 5.95. The molecule has 2 aromatic rings. The third kappa shape index (κ3) is 3.44. The van der Waals surface area contributed by atoms with Gasteiger partial charge >= 0.3 is 0 Å². The van der Waals surface area contributed by atoms with Crippen LogP contribution in [0.2, 0.25) is 0 Å². The zero-order valence-corrected chi connectivity index (χ0v) is 15.3. The molecule has 0 saturated carbocycles. The number of amides is 1. The van der Waals surface area contributed by atoms with Gasteiger partial charge in [0.1, 0.15) is 0 Å². The van der Waals surface area contributed by atoms with E-state index in [0.29, 0.717) is 0 Å². The highest BCUT2D eigenvalue weighted by Crippen LogP contribution is 2.46. The van der Waals surface area contributed by atoms with E-state index < -0.39 is 10.8 Å². The number of carbonyl (C=O) groups excluding carboxylic acids is 1. The van der Waals surface area contributed by atoms with Crippen molar-refractivity contribution in [2.24, 2.45) is 5.10 Å². The van der Waals surface area contributed by atoms with Crippen LogP contribution in [0.5, 0.6) is 0 Å². The summed E-state index contributed by atoms with van der Waals surface area (Å²) in [6, 6.07) is 13.7. The first-order chi connectivity index (χ1) is 12.8. The van der Waals surface area contributed by atoms with Gasteiger partial charge in [-0.1, -0.05) is 38.1 Å². The molecule has 0 fully saturated rings. The Labute approximate surface area is 157 Å². The second-order valence-corrected chi connectivity index (χ2v) is 6.78. The molecule has 2 aromatic carbocycles. The summed E-state index contributed by atoms with van der Waals surface area (Å²) in [4.78, 5) is 24.5. The van der Waals surface area contributed by atoms with E-state index in [2.05, 4.69) is 41.4 Å². The smallest absolute Gasteiger partial charge is 0.271 e. The molecule has 0 saturated heterocycles. The zero-order chi connectivity index (χ0) is 19.6. The van der Waals surface area contributed by atoms with E-state index in [-0.39, 0.29) is 16.7 Å². The van der Waals surface area contributed by atoms with E-state index >= 15 is 0 Å². The van der Waals surface area contributed by atoms with Crippen molar-refractivity contribution in [2.75, 3.05) is 11.9 Å². The molecular formula is C20H20N4O3. The number of likely N-dealkylation sites (N-methyl/N-ethyl adjacent to an activating group) is 1. The average Bonchev–Trinajstić information content (AvgIpc) is 2.85. The van der Waals surface area contributed by atoms with Gasteiger partial charge in [0.05, 0.1) is 4.92 Å². The topological polar surface area (TPSA) is 87.8 Å². The predicted molar refractivity (Wildman–Crippen MR) is 105 cm³/mol. The molecule has 3 rings (SSSR count). The lowest BCUT2D eigenvalue weighted by Gasteiger charge is -2.23. The molecule has 1 aliphatic rings. The lowest BCUT2D eigenvalue weighted by atomic mass is 9.84. The van der Waals surface area contributed by atoms with Gasteiger partial charge in [0.15, 0.2) is 0 Å². The number of rotatable bonds is 4. The van der Waals surface area contributed by atoms with Crippen LogP contribution in [0.25, 0.3) is 0 Å². The van der Waals surface area contributed by atoms with E-state index in [0.717, 1.165) is 11.4 Å². The summed E-state index contributed by atoms with van der Waals surface area (Å²) in [5.41, 5.74) is 5.68. The minimum Gasteiger partial charge on any atom is -0.347 e. The van der Waals surface area contributed by atoms with Crippen molar-refractivity contribution in [2.45, 2.75) is 19.3 Å². The number of non-ortho nitro benzene ring substituents is 1. The summed E-state index contributed by atoms with van der Waals surface area (Å²) in [5.74, 6) is -0.504. The Hall–Kier alpha value is -3.48. The maximum Gasteiger partial charge on any atom is 0.271 e. The monoisotopic (exact) mass is 364 g/mol. The fourth-order valence-corrected chi connectivity index (χ4v) is 3.33. The van der Waals surface area contributed by atoms with Gasteiger partial charge in [0.2, 0.25) is 0 Å². The van der Waals surface area contributed by atoms with Crippen LogP contribution in [0, 0.1) is 10.1 Å². The number of nitrogens with zero attached hydrogens (tertiary/aromatic N) is 3. The fraction of sp³-hybridized carbons (Fsp3) is 0.200. The van der Waals surface area contributed by atoms with Crippen molar-refractivity contribution in [3.05, 3.63) is 81.5 Å². The molecule has 1 aliphatic heterocycles. The Morgan fingerprint density at radius 3 is 2.67 bits per heavy atom. The lowest BCUT2D eigenvalue weighted by molar-refractivity contribution is -0.384. The molecule has 0 spiro atoms. The van der Waals surface area contributed by atoms with Gasteiger partial charge in [-0.15, -0.1) is 0 Å². The summed E-state index contributed by atoms with van der Waals surface area (Å²) in [5, 5.41) is 14.8. The molecule has 0 radical (unpaired) electrons. The second kappa shape index (κ2) is 7.03. The van der Waals surface area contributed by atoms with Crippen LogP contribution in [0.4, 0.5) is 11.4 Å². The number of benzene rings is 2. The summed E-state index contributed by atoms with van der Waals surface area (Å²) in [6.45, 7) is 4.27. The van der Waals surface area contributed by atoms with Crippen molar-refractivity contribution >= 4 is 23.5 Å². The molecule has 0 bridgehead atoms. The Morgan fingerprint density at radius 1 is 1.22 bits per heavy atom. The molecule has 0 atom stereocenters. The number of hydrazone groups is 1. The largest absolute Gasteiger partial charge is 0.347 e. The second-order valence-electron chi connectivity index (χ2n) is 6.78. The SMILES string of the molecule is CN1/C(=C\C=N/NC(=O)c2cccc([N+](=O)[O-])c2)C(C)(C)c2ccccc21. The van der Waals surface area contributed by atoms with Crippen LogP contribution < -0.4 is 10.3 Å². The van der Waals surface area contributed by atoms with E-state index in [4.69, 9.17) is 0 Å². The Bertz CT molecular complexity index is 963.